The second-order valence-electron chi connectivity index (χ2n) is 4.69. The van der Waals surface area contributed by atoms with Crippen LogP contribution in [0.2, 0.25) is 0 Å². The number of ether oxygens (including phenoxy) is 1. The Hall–Kier alpha value is -1.86. The number of fused-ring (bicyclic) bond motifs is 3. The van der Waals surface area contributed by atoms with Gasteiger partial charge in [0, 0.05) is 18.1 Å². The molecule has 1 aliphatic carbocycles. The van der Waals surface area contributed by atoms with Gasteiger partial charge in [0.1, 0.15) is 0 Å². The van der Waals surface area contributed by atoms with Gasteiger partial charge in [0.15, 0.2) is 0 Å². The van der Waals surface area contributed by atoms with Gasteiger partial charge in [0.2, 0.25) is 0 Å². The Morgan fingerprint density at radius 2 is 2.22 bits per heavy atom. The van der Waals surface area contributed by atoms with E-state index in [9.17, 15) is 10.1 Å². The third-order valence-electron chi connectivity index (χ3n) is 3.85. The maximum atomic E-state index is 12.0. The molecule has 1 aromatic rings. The molecular weight excluding hydrogens is 228 g/mol. The minimum atomic E-state index is -0.178. The molecule has 0 spiro atoms. The summed E-state index contributed by atoms with van der Waals surface area (Å²) >= 11 is 0. The maximum Gasteiger partial charge on any atom is 0.251 e. The van der Waals surface area contributed by atoms with Crippen molar-refractivity contribution in [2.75, 3.05) is 6.61 Å². The molecule has 0 aromatic heterocycles. The highest BCUT2D eigenvalue weighted by Gasteiger charge is 2.55. The van der Waals surface area contributed by atoms with Crippen LogP contribution in [-0.4, -0.2) is 24.7 Å². The lowest BCUT2D eigenvalue weighted by Gasteiger charge is -2.51. The minimum Gasteiger partial charge on any atom is -0.375 e. The largest absolute Gasteiger partial charge is 0.375 e. The van der Waals surface area contributed by atoms with Crippen LogP contribution >= 0.6 is 0 Å². The summed E-state index contributed by atoms with van der Waals surface area (Å²) in [6, 6.07) is 9.77. The van der Waals surface area contributed by atoms with Crippen molar-refractivity contribution < 1.29 is 9.53 Å². The molecule has 0 unspecified atom stereocenters. The van der Waals surface area contributed by atoms with Gasteiger partial charge in [-0.05, 0) is 18.6 Å². The molecule has 1 amide bonds. The third kappa shape index (κ3) is 1.37. The van der Waals surface area contributed by atoms with Crippen molar-refractivity contribution in [2.45, 2.75) is 25.0 Å². The molecule has 1 aliphatic heterocycles. The van der Waals surface area contributed by atoms with Gasteiger partial charge in [0.25, 0.3) is 5.91 Å². The second kappa shape index (κ2) is 4.11. The first-order chi connectivity index (χ1) is 8.77. The molecular formula is C14H14N2O2. The molecule has 92 valence electrons. The normalized spacial score (nSPS) is 32.6. The number of nitrogens with zero attached hydrogens (tertiary/aromatic N) is 1. The Morgan fingerprint density at radius 3 is 2.94 bits per heavy atom. The number of nitriles is 1. The first-order valence-electron chi connectivity index (χ1n) is 6.19. The van der Waals surface area contributed by atoms with Crippen molar-refractivity contribution in [3.63, 3.8) is 0 Å². The lowest BCUT2D eigenvalue weighted by Crippen LogP contribution is -2.65. The molecule has 1 N–H and O–H groups in total. The van der Waals surface area contributed by atoms with Crippen LogP contribution in [0.15, 0.2) is 24.3 Å². The third-order valence-corrected chi connectivity index (χ3v) is 3.85. The van der Waals surface area contributed by atoms with Gasteiger partial charge in [-0.1, -0.05) is 18.2 Å². The Balaban J connectivity index is 2.00. The first kappa shape index (κ1) is 11.2. The molecule has 4 nitrogen and oxygen atoms in total. The van der Waals surface area contributed by atoms with Crippen LogP contribution in [0.3, 0.4) is 0 Å². The van der Waals surface area contributed by atoms with Crippen LogP contribution in [0, 0.1) is 17.2 Å². The predicted octanol–water partition coefficient (Wildman–Crippen LogP) is 1.44. The molecule has 0 saturated heterocycles. The van der Waals surface area contributed by atoms with E-state index in [-0.39, 0.29) is 29.9 Å². The highest BCUT2D eigenvalue weighted by atomic mass is 16.5. The zero-order valence-electron chi connectivity index (χ0n) is 10.1. The van der Waals surface area contributed by atoms with E-state index < -0.39 is 0 Å². The average Bonchev–Trinajstić information content (AvgIpc) is 2.39. The van der Waals surface area contributed by atoms with Crippen molar-refractivity contribution >= 4 is 5.91 Å². The summed E-state index contributed by atoms with van der Waals surface area (Å²) in [5, 5.41) is 12.2. The average molecular weight is 242 g/mol. The van der Waals surface area contributed by atoms with Crippen LogP contribution in [0.1, 0.15) is 28.8 Å². The fourth-order valence-electron chi connectivity index (χ4n) is 3.05. The molecule has 4 atom stereocenters. The summed E-state index contributed by atoms with van der Waals surface area (Å²) in [7, 11) is 0. The molecule has 1 heterocycles. The number of carbonyl (C=O) groups excluding carboxylic acids is 1. The van der Waals surface area contributed by atoms with Crippen LogP contribution in [0.25, 0.3) is 0 Å². The minimum absolute atomic E-state index is 0.0583. The molecule has 1 saturated carbocycles. The van der Waals surface area contributed by atoms with Gasteiger partial charge in [-0.25, -0.2) is 0 Å². The fourth-order valence-corrected chi connectivity index (χ4v) is 3.05. The highest BCUT2D eigenvalue weighted by molar-refractivity contribution is 5.98. The van der Waals surface area contributed by atoms with Crippen LogP contribution < -0.4 is 5.32 Å². The van der Waals surface area contributed by atoms with Crippen LogP contribution in [0.5, 0.6) is 0 Å². The summed E-state index contributed by atoms with van der Waals surface area (Å²) in [6.07, 6.45) is -0.178. The molecule has 4 heteroatoms. The number of carbonyl (C=O) groups is 1. The van der Waals surface area contributed by atoms with Crippen molar-refractivity contribution in [2.24, 2.45) is 5.92 Å². The topological polar surface area (TPSA) is 62.1 Å². The predicted molar refractivity (Wildman–Crippen MR) is 65.0 cm³/mol. The summed E-state index contributed by atoms with van der Waals surface area (Å²) in [4.78, 5) is 12.0. The Morgan fingerprint density at radius 1 is 1.44 bits per heavy atom. The van der Waals surface area contributed by atoms with Crippen molar-refractivity contribution in [1.82, 2.24) is 5.32 Å². The zero-order valence-corrected chi connectivity index (χ0v) is 10.1. The molecule has 18 heavy (non-hydrogen) atoms. The smallest absolute Gasteiger partial charge is 0.251 e. The number of benzene rings is 1. The van der Waals surface area contributed by atoms with E-state index in [1.165, 1.54) is 0 Å². The van der Waals surface area contributed by atoms with Crippen LogP contribution in [0.4, 0.5) is 0 Å². The van der Waals surface area contributed by atoms with Gasteiger partial charge in [0.05, 0.1) is 24.1 Å². The fraction of sp³-hybridized carbons (Fsp3) is 0.429. The monoisotopic (exact) mass is 242 g/mol. The second-order valence-corrected chi connectivity index (χ2v) is 4.69. The number of rotatable bonds is 2. The molecule has 1 aromatic carbocycles. The first-order valence-corrected chi connectivity index (χ1v) is 6.19. The molecule has 2 aliphatic rings. The Kier molecular flexibility index (Phi) is 2.57. The van der Waals surface area contributed by atoms with E-state index in [4.69, 9.17) is 4.74 Å². The molecule has 0 radical (unpaired) electrons. The van der Waals surface area contributed by atoms with Gasteiger partial charge < -0.3 is 10.1 Å². The van der Waals surface area contributed by atoms with Gasteiger partial charge in [-0.15, -0.1) is 0 Å². The molecule has 1 fully saturated rings. The molecule has 3 rings (SSSR count). The van der Waals surface area contributed by atoms with Crippen molar-refractivity contribution in [3.8, 4) is 6.07 Å². The van der Waals surface area contributed by atoms with E-state index in [0.717, 1.165) is 5.56 Å². The highest BCUT2D eigenvalue weighted by Crippen LogP contribution is 2.47. The Bertz CT molecular complexity index is 535. The summed E-state index contributed by atoms with van der Waals surface area (Å²) in [5.41, 5.74) is 1.67. The van der Waals surface area contributed by atoms with E-state index in [2.05, 4.69) is 11.4 Å². The van der Waals surface area contributed by atoms with E-state index in [1.807, 2.05) is 31.2 Å². The lowest BCUT2D eigenvalue weighted by atomic mass is 9.61. The number of amides is 1. The standard InChI is InChI=1S/C14H14N2O2/c1-2-18-13-10(7-15)11-8-5-3-4-6-9(8)14(17)16-12(11)13/h3-6,10-13H,2H2,1H3,(H,16,17)/t10-,11-,12-,13+/m1/s1. The molecule has 0 bridgehead atoms. The van der Waals surface area contributed by atoms with E-state index >= 15 is 0 Å². The zero-order chi connectivity index (χ0) is 12.7. The number of nitrogens with one attached hydrogen (secondary N) is 1. The summed E-state index contributed by atoms with van der Waals surface area (Å²) in [6.45, 7) is 2.46. The maximum absolute atomic E-state index is 12.0. The SMILES string of the molecule is CCO[C@H]1[C@H](C#N)[C@H]2c3ccccc3C(=O)N[C@@H]12. The van der Waals surface area contributed by atoms with Crippen molar-refractivity contribution in [1.29, 1.82) is 5.26 Å². The summed E-state index contributed by atoms with van der Waals surface area (Å²) in [5.74, 6) is -0.162. The van der Waals surface area contributed by atoms with Gasteiger partial charge in [-0.2, -0.15) is 5.26 Å². The number of hydrogen-bond donors (Lipinski definition) is 1. The van der Waals surface area contributed by atoms with Gasteiger partial charge in [-0.3, -0.25) is 4.79 Å². The van der Waals surface area contributed by atoms with Crippen molar-refractivity contribution in [3.05, 3.63) is 35.4 Å². The quantitative estimate of drug-likeness (QED) is 0.853. The van der Waals surface area contributed by atoms with E-state index in [1.54, 1.807) is 0 Å². The van der Waals surface area contributed by atoms with E-state index in [0.29, 0.717) is 12.2 Å². The Labute approximate surface area is 106 Å². The number of hydrogen-bond acceptors (Lipinski definition) is 3. The van der Waals surface area contributed by atoms with Gasteiger partial charge >= 0.3 is 0 Å². The van der Waals surface area contributed by atoms with Crippen LogP contribution in [-0.2, 0) is 4.74 Å². The summed E-state index contributed by atoms with van der Waals surface area (Å²) < 4.78 is 5.58. The lowest BCUT2D eigenvalue weighted by molar-refractivity contribution is -0.0651.